The van der Waals surface area contributed by atoms with Gasteiger partial charge in [0.25, 0.3) is 0 Å². The number of aromatic nitrogens is 1. The fraction of sp³-hybridized carbons (Fsp3) is 0. The first-order chi connectivity index (χ1) is 20.7. The third kappa shape index (κ3) is 4.24. The third-order valence-corrected chi connectivity index (χ3v) is 8.78. The molecule has 2 heteroatoms. The molecule has 0 atom stereocenters. The molecule has 1 aromatic heterocycles. The van der Waals surface area contributed by atoms with Crippen LogP contribution in [0.3, 0.4) is 0 Å². The second kappa shape index (κ2) is 10.2. The fourth-order valence-electron chi connectivity index (χ4n) is 6.22. The van der Waals surface area contributed by atoms with Gasteiger partial charge in [0.05, 0.1) is 11.0 Å². The summed E-state index contributed by atoms with van der Waals surface area (Å²) in [6.07, 6.45) is 0. The third-order valence-electron chi connectivity index (χ3n) is 8.25. The van der Waals surface area contributed by atoms with Crippen LogP contribution in [0.5, 0.6) is 0 Å². The molecule has 0 fully saturated rings. The van der Waals surface area contributed by atoms with Gasteiger partial charge in [0.2, 0.25) is 0 Å². The van der Waals surface area contributed by atoms with Gasteiger partial charge in [0, 0.05) is 20.9 Å². The van der Waals surface area contributed by atoms with Crippen molar-refractivity contribution in [2.24, 2.45) is 0 Å². The molecule has 0 spiro atoms. The highest BCUT2D eigenvalue weighted by molar-refractivity contribution is 9.10. The molecule has 198 valence electrons. The highest BCUT2D eigenvalue weighted by Gasteiger charge is 2.15. The number of hydrogen-bond acceptors (Lipinski definition) is 0. The Hall–Kier alpha value is -4.92. The summed E-state index contributed by atoms with van der Waals surface area (Å²) in [4.78, 5) is 0. The monoisotopic (exact) mass is 599 g/mol. The van der Waals surface area contributed by atoms with Gasteiger partial charge < -0.3 is 4.57 Å². The van der Waals surface area contributed by atoms with Crippen molar-refractivity contribution < 1.29 is 0 Å². The predicted octanol–water partition coefficient (Wildman–Crippen LogP) is 11.7. The number of hydrogen-bond donors (Lipinski definition) is 0. The Bertz CT molecular complexity index is 2240. The number of halogens is 1. The normalized spacial score (nSPS) is 11.5. The molecular weight excluding hydrogens is 574 g/mol. The molecule has 8 aromatic rings. The molecule has 0 amide bonds. The van der Waals surface area contributed by atoms with Crippen LogP contribution in [0.25, 0.3) is 71.6 Å². The first kappa shape index (κ1) is 24.8. The van der Waals surface area contributed by atoms with Crippen LogP contribution < -0.4 is 0 Å². The summed E-state index contributed by atoms with van der Waals surface area (Å²) in [6.45, 7) is 0. The fourth-order valence-corrected chi connectivity index (χ4v) is 6.49. The van der Waals surface area contributed by atoms with Crippen LogP contribution in [0.2, 0.25) is 0 Å². The Balaban J connectivity index is 1.33. The lowest BCUT2D eigenvalue weighted by atomic mass is 9.96. The molecule has 0 N–H and O–H groups in total. The van der Waals surface area contributed by atoms with Gasteiger partial charge in [-0.05, 0) is 92.7 Å². The lowest BCUT2D eigenvalue weighted by Gasteiger charge is -2.10. The summed E-state index contributed by atoms with van der Waals surface area (Å²) in [5.74, 6) is 0. The minimum atomic E-state index is 1.09. The van der Waals surface area contributed by atoms with E-state index in [0.717, 1.165) is 10.2 Å². The second-order valence-corrected chi connectivity index (χ2v) is 11.7. The first-order valence-electron chi connectivity index (χ1n) is 14.2. The lowest BCUT2D eigenvalue weighted by molar-refractivity contribution is 1.18. The zero-order valence-corrected chi connectivity index (χ0v) is 24.4. The van der Waals surface area contributed by atoms with Crippen molar-refractivity contribution in [2.45, 2.75) is 0 Å². The van der Waals surface area contributed by atoms with Crippen molar-refractivity contribution in [3.8, 4) is 39.1 Å². The summed E-state index contributed by atoms with van der Waals surface area (Å²) in [7, 11) is 0. The molecule has 0 aliphatic carbocycles. The van der Waals surface area contributed by atoms with E-state index in [0.29, 0.717) is 0 Å². The molecule has 0 radical (unpaired) electrons. The van der Waals surface area contributed by atoms with Gasteiger partial charge >= 0.3 is 0 Å². The molecule has 8 rings (SSSR count). The van der Waals surface area contributed by atoms with Gasteiger partial charge in [-0.2, -0.15) is 0 Å². The van der Waals surface area contributed by atoms with Crippen molar-refractivity contribution >= 4 is 48.5 Å². The van der Waals surface area contributed by atoms with Crippen LogP contribution in [0, 0.1) is 0 Å². The van der Waals surface area contributed by atoms with Crippen molar-refractivity contribution in [1.82, 2.24) is 4.57 Å². The van der Waals surface area contributed by atoms with Gasteiger partial charge in [-0.15, -0.1) is 0 Å². The van der Waals surface area contributed by atoms with Gasteiger partial charge in [0.15, 0.2) is 0 Å². The highest BCUT2D eigenvalue weighted by Crippen LogP contribution is 2.38. The lowest BCUT2D eigenvalue weighted by Crippen LogP contribution is -1.93. The van der Waals surface area contributed by atoms with Crippen LogP contribution in [0.4, 0.5) is 0 Å². The van der Waals surface area contributed by atoms with E-state index in [2.05, 4.69) is 178 Å². The van der Waals surface area contributed by atoms with Crippen molar-refractivity contribution in [1.29, 1.82) is 0 Å². The molecular formula is C40H26BrN. The maximum atomic E-state index is 3.56. The van der Waals surface area contributed by atoms with Crippen LogP contribution in [0.15, 0.2) is 162 Å². The molecule has 42 heavy (non-hydrogen) atoms. The number of fused-ring (bicyclic) bond motifs is 4. The minimum Gasteiger partial charge on any atom is -0.309 e. The van der Waals surface area contributed by atoms with Crippen molar-refractivity contribution in [2.75, 3.05) is 0 Å². The van der Waals surface area contributed by atoms with Gasteiger partial charge in [-0.3, -0.25) is 0 Å². The summed E-state index contributed by atoms with van der Waals surface area (Å²) in [6, 6.07) is 57.1. The van der Waals surface area contributed by atoms with E-state index in [-0.39, 0.29) is 0 Å². The molecule has 0 aliphatic heterocycles. The topological polar surface area (TPSA) is 4.93 Å². The van der Waals surface area contributed by atoms with E-state index in [1.165, 1.54) is 66.0 Å². The van der Waals surface area contributed by atoms with Crippen molar-refractivity contribution in [3.05, 3.63) is 162 Å². The zero-order chi connectivity index (χ0) is 28.0. The second-order valence-electron chi connectivity index (χ2n) is 10.7. The number of benzene rings is 7. The maximum Gasteiger partial charge on any atom is 0.0547 e. The summed E-state index contributed by atoms with van der Waals surface area (Å²) in [5, 5.41) is 5.04. The molecule has 1 heterocycles. The largest absolute Gasteiger partial charge is 0.309 e. The van der Waals surface area contributed by atoms with E-state index in [4.69, 9.17) is 0 Å². The van der Waals surface area contributed by atoms with Crippen LogP contribution >= 0.6 is 15.9 Å². The molecule has 0 aliphatic rings. The SMILES string of the molecule is Brc1ccc(-c2cccc(-c3ccc4c(c3)c3ccc(-c5cccc6ccccc56)cc3n4-c3ccccc3)c2)cc1. The molecule has 0 bridgehead atoms. The summed E-state index contributed by atoms with van der Waals surface area (Å²) >= 11 is 3.56. The van der Waals surface area contributed by atoms with E-state index < -0.39 is 0 Å². The first-order valence-corrected chi connectivity index (χ1v) is 15.0. The van der Waals surface area contributed by atoms with E-state index in [1.807, 2.05) is 0 Å². The van der Waals surface area contributed by atoms with Gasteiger partial charge in [-0.1, -0.05) is 125 Å². The molecule has 0 unspecified atom stereocenters. The molecule has 1 nitrogen and oxygen atoms in total. The van der Waals surface area contributed by atoms with E-state index in [1.54, 1.807) is 0 Å². The van der Waals surface area contributed by atoms with Crippen LogP contribution in [0.1, 0.15) is 0 Å². The average Bonchev–Trinajstić information content (AvgIpc) is 3.38. The zero-order valence-electron chi connectivity index (χ0n) is 22.8. The Morgan fingerprint density at radius 2 is 1.05 bits per heavy atom. The molecule has 0 saturated carbocycles. The Morgan fingerprint density at radius 3 is 1.90 bits per heavy atom. The highest BCUT2D eigenvalue weighted by atomic mass is 79.9. The van der Waals surface area contributed by atoms with Gasteiger partial charge in [-0.25, -0.2) is 0 Å². The predicted molar refractivity (Wildman–Crippen MR) is 182 cm³/mol. The number of nitrogens with zero attached hydrogens (tertiary/aromatic N) is 1. The number of para-hydroxylation sites is 1. The Kier molecular flexibility index (Phi) is 6.01. The Labute approximate surface area is 253 Å². The number of rotatable bonds is 4. The Morgan fingerprint density at radius 1 is 0.381 bits per heavy atom. The van der Waals surface area contributed by atoms with Gasteiger partial charge in [0.1, 0.15) is 0 Å². The smallest absolute Gasteiger partial charge is 0.0547 e. The minimum absolute atomic E-state index is 1.09. The standard InChI is InChI=1S/C40H26BrN/c41-33-20-16-27(17-21-33)29-10-6-11-30(24-29)31-19-23-39-38(25-31)37-22-18-32(26-40(37)42(39)34-12-2-1-3-13-34)36-15-7-9-28-8-4-5-14-35(28)36/h1-26H. The summed E-state index contributed by atoms with van der Waals surface area (Å²) < 4.78 is 3.49. The van der Waals surface area contributed by atoms with Crippen LogP contribution in [-0.4, -0.2) is 4.57 Å². The average molecular weight is 601 g/mol. The van der Waals surface area contributed by atoms with E-state index in [9.17, 15) is 0 Å². The van der Waals surface area contributed by atoms with E-state index >= 15 is 0 Å². The maximum absolute atomic E-state index is 3.56. The summed E-state index contributed by atoms with van der Waals surface area (Å²) in [5.41, 5.74) is 10.9. The molecule has 0 saturated heterocycles. The molecule has 7 aromatic carbocycles. The van der Waals surface area contributed by atoms with Crippen molar-refractivity contribution in [3.63, 3.8) is 0 Å². The quantitative estimate of drug-likeness (QED) is 0.189. The van der Waals surface area contributed by atoms with Crippen LogP contribution in [-0.2, 0) is 0 Å².